The van der Waals surface area contributed by atoms with Crippen LogP contribution in [0.25, 0.3) is 11.5 Å². The molecule has 2 rings (SSSR count). The Balaban J connectivity index is 0.00000264. The summed E-state index contributed by atoms with van der Waals surface area (Å²) in [5.74, 6) is 1.99. The quantitative estimate of drug-likeness (QED) is 0.760. The minimum Gasteiger partial charge on any atom is -0.444 e. The molecule has 126 valence electrons. The summed E-state index contributed by atoms with van der Waals surface area (Å²) >= 11 is 1.52. The van der Waals surface area contributed by atoms with Gasteiger partial charge in [-0.25, -0.2) is 4.98 Å². The van der Waals surface area contributed by atoms with Crippen molar-refractivity contribution in [3.63, 3.8) is 0 Å². The third-order valence-corrected chi connectivity index (χ3v) is 4.07. The van der Waals surface area contributed by atoms with Crippen LogP contribution in [-0.4, -0.2) is 29.7 Å². The number of carbonyl (C=O) groups excluding carboxylic acids is 1. The Labute approximate surface area is 146 Å². The molecule has 0 fully saturated rings. The molecule has 1 atom stereocenters. The number of hydrogen-bond acceptors (Lipinski definition) is 5. The van der Waals surface area contributed by atoms with Gasteiger partial charge in [0.2, 0.25) is 11.8 Å². The minimum absolute atomic E-state index is 0. The molecule has 0 aliphatic heterocycles. The fraction of sp³-hybridized carbons (Fsp3) is 0.375. The molecule has 7 heteroatoms. The smallest absolute Gasteiger partial charge is 0.230 e. The van der Waals surface area contributed by atoms with Crippen LogP contribution in [0.3, 0.4) is 0 Å². The topological polar surface area (TPSA) is 81.1 Å². The Morgan fingerprint density at radius 3 is 2.83 bits per heavy atom. The zero-order valence-corrected chi connectivity index (χ0v) is 14.7. The Hall–Kier alpha value is -1.50. The number of carbonyl (C=O) groups is 1. The van der Waals surface area contributed by atoms with Gasteiger partial charge in [0.25, 0.3) is 0 Å². The van der Waals surface area contributed by atoms with Gasteiger partial charge in [0.05, 0.1) is 11.4 Å². The van der Waals surface area contributed by atoms with E-state index in [2.05, 4.69) is 10.3 Å². The predicted octanol–water partition coefficient (Wildman–Crippen LogP) is 2.71. The molecule has 0 aliphatic rings. The Morgan fingerprint density at radius 1 is 1.39 bits per heavy atom. The predicted molar refractivity (Wildman–Crippen MR) is 96.6 cm³/mol. The Morgan fingerprint density at radius 2 is 2.13 bits per heavy atom. The standard InChI is InChI=1S/C16H21N3O2S.ClH/c1-12(7-17)8-18-15(20)11-22-10-14-9-21-16(19-14)13-5-3-2-4-6-13;/h2-6,9,12H,7-8,10-11,17H2,1H3,(H,18,20);1H. The van der Waals surface area contributed by atoms with Crippen LogP contribution in [0.2, 0.25) is 0 Å². The lowest BCUT2D eigenvalue weighted by molar-refractivity contribution is -0.118. The lowest BCUT2D eigenvalue weighted by Gasteiger charge is -2.09. The third-order valence-electron chi connectivity index (χ3n) is 3.11. The molecule has 1 amide bonds. The maximum atomic E-state index is 11.7. The molecule has 1 unspecified atom stereocenters. The molecule has 0 bridgehead atoms. The number of nitrogens with one attached hydrogen (secondary N) is 1. The van der Waals surface area contributed by atoms with Crippen molar-refractivity contribution in [1.29, 1.82) is 0 Å². The number of amides is 1. The van der Waals surface area contributed by atoms with E-state index in [1.807, 2.05) is 37.3 Å². The van der Waals surface area contributed by atoms with Crippen molar-refractivity contribution in [3.05, 3.63) is 42.3 Å². The summed E-state index contributed by atoms with van der Waals surface area (Å²) in [6.45, 7) is 3.21. The van der Waals surface area contributed by atoms with Gasteiger partial charge < -0.3 is 15.5 Å². The van der Waals surface area contributed by atoms with Crippen LogP contribution in [0.15, 0.2) is 41.0 Å². The van der Waals surface area contributed by atoms with E-state index in [0.717, 1.165) is 11.3 Å². The third kappa shape index (κ3) is 6.64. The van der Waals surface area contributed by atoms with Crippen LogP contribution >= 0.6 is 24.2 Å². The Bertz CT molecular complexity index is 592. The summed E-state index contributed by atoms with van der Waals surface area (Å²) in [5, 5.41) is 2.87. The molecular formula is C16H22ClN3O2S. The van der Waals surface area contributed by atoms with Crippen molar-refractivity contribution in [2.24, 2.45) is 11.7 Å². The first-order chi connectivity index (χ1) is 10.7. The van der Waals surface area contributed by atoms with Crippen LogP contribution in [0.4, 0.5) is 0 Å². The number of halogens is 1. The molecule has 0 aliphatic carbocycles. The van der Waals surface area contributed by atoms with E-state index in [0.29, 0.717) is 36.4 Å². The summed E-state index contributed by atoms with van der Waals surface area (Å²) in [4.78, 5) is 16.1. The molecule has 5 nitrogen and oxygen atoms in total. The van der Waals surface area contributed by atoms with Gasteiger partial charge >= 0.3 is 0 Å². The second kappa shape index (κ2) is 10.3. The van der Waals surface area contributed by atoms with E-state index in [4.69, 9.17) is 10.2 Å². The van der Waals surface area contributed by atoms with Crippen LogP contribution < -0.4 is 11.1 Å². The summed E-state index contributed by atoms with van der Waals surface area (Å²) in [7, 11) is 0. The molecule has 0 spiro atoms. The minimum atomic E-state index is 0. The van der Waals surface area contributed by atoms with Crippen molar-refractivity contribution >= 4 is 30.1 Å². The van der Waals surface area contributed by atoms with Gasteiger partial charge in [-0.1, -0.05) is 25.1 Å². The van der Waals surface area contributed by atoms with Gasteiger partial charge in [-0.3, -0.25) is 4.79 Å². The average Bonchev–Trinajstić information content (AvgIpc) is 3.02. The Kier molecular flexibility index (Phi) is 8.76. The number of oxazole rings is 1. The molecule has 2 aromatic rings. The first-order valence-electron chi connectivity index (χ1n) is 7.23. The number of nitrogens with two attached hydrogens (primary N) is 1. The summed E-state index contributed by atoms with van der Waals surface area (Å²) in [5.41, 5.74) is 7.30. The molecule has 1 aromatic carbocycles. The zero-order chi connectivity index (χ0) is 15.8. The fourth-order valence-electron chi connectivity index (χ4n) is 1.76. The van der Waals surface area contributed by atoms with Crippen LogP contribution in [-0.2, 0) is 10.5 Å². The maximum Gasteiger partial charge on any atom is 0.230 e. The first-order valence-corrected chi connectivity index (χ1v) is 8.39. The number of nitrogens with zero attached hydrogens (tertiary/aromatic N) is 1. The van der Waals surface area contributed by atoms with Crippen LogP contribution in [0.1, 0.15) is 12.6 Å². The molecule has 1 aromatic heterocycles. The zero-order valence-electron chi connectivity index (χ0n) is 13.0. The van der Waals surface area contributed by atoms with Gasteiger partial charge in [0.1, 0.15) is 6.26 Å². The summed E-state index contributed by atoms with van der Waals surface area (Å²) in [6.07, 6.45) is 1.64. The summed E-state index contributed by atoms with van der Waals surface area (Å²) in [6, 6.07) is 9.75. The number of aromatic nitrogens is 1. The molecule has 0 radical (unpaired) electrons. The van der Waals surface area contributed by atoms with Gasteiger partial charge in [0.15, 0.2) is 0 Å². The van der Waals surface area contributed by atoms with E-state index in [1.165, 1.54) is 11.8 Å². The van der Waals surface area contributed by atoms with E-state index < -0.39 is 0 Å². The fourth-order valence-corrected chi connectivity index (χ4v) is 2.49. The van der Waals surface area contributed by atoms with Crippen molar-refractivity contribution in [2.45, 2.75) is 12.7 Å². The second-order valence-electron chi connectivity index (χ2n) is 5.15. The number of benzene rings is 1. The monoisotopic (exact) mass is 355 g/mol. The first kappa shape index (κ1) is 19.5. The average molecular weight is 356 g/mol. The van der Waals surface area contributed by atoms with Gasteiger partial charge in [-0.05, 0) is 24.6 Å². The molecule has 0 saturated heterocycles. The largest absolute Gasteiger partial charge is 0.444 e. The molecule has 3 N–H and O–H groups in total. The van der Waals surface area contributed by atoms with E-state index in [1.54, 1.807) is 6.26 Å². The second-order valence-corrected chi connectivity index (χ2v) is 6.13. The molecule has 23 heavy (non-hydrogen) atoms. The lowest BCUT2D eigenvalue weighted by atomic mass is 10.2. The van der Waals surface area contributed by atoms with Crippen molar-refractivity contribution in [2.75, 3.05) is 18.8 Å². The van der Waals surface area contributed by atoms with Gasteiger partial charge in [-0.15, -0.1) is 24.2 Å². The molecular weight excluding hydrogens is 334 g/mol. The SMILES string of the molecule is CC(CN)CNC(=O)CSCc1coc(-c2ccccc2)n1.Cl. The highest BCUT2D eigenvalue weighted by Gasteiger charge is 2.08. The highest BCUT2D eigenvalue weighted by atomic mass is 35.5. The van der Waals surface area contributed by atoms with E-state index in [-0.39, 0.29) is 18.3 Å². The maximum absolute atomic E-state index is 11.7. The van der Waals surface area contributed by atoms with Gasteiger partial charge in [0, 0.05) is 17.9 Å². The summed E-state index contributed by atoms with van der Waals surface area (Å²) < 4.78 is 5.46. The van der Waals surface area contributed by atoms with E-state index >= 15 is 0 Å². The molecule has 1 heterocycles. The normalized spacial score (nSPS) is 11.6. The van der Waals surface area contributed by atoms with E-state index in [9.17, 15) is 4.79 Å². The van der Waals surface area contributed by atoms with Gasteiger partial charge in [-0.2, -0.15) is 0 Å². The van der Waals surface area contributed by atoms with Crippen molar-refractivity contribution in [1.82, 2.24) is 10.3 Å². The number of hydrogen-bond donors (Lipinski definition) is 2. The number of rotatable bonds is 8. The van der Waals surface area contributed by atoms with Crippen LogP contribution in [0, 0.1) is 5.92 Å². The van der Waals surface area contributed by atoms with Crippen LogP contribution in [0.5, 0.6) is 0 Å². The lowest BCUT2D eigenvalue weighted by Crippen LogP contribution is -2.32. The molecule has 0 saturated carbocycles. The number of thioether (sulfide) groups is 1. The van der Waals surface area contributed by atoms with Crippen molar-refractivity contribution < 1.29 is 9.21 Å². The van der Waals surface area contributed by atoms with Crippen molar-refractivity contribution in [3.8, 4) is 11.5 Å². The highest BCUT2D eigenvalue weighted by molar-refractivity contribution is 7.99. The highest BCUT2D eigenvalue weighted by Crippen LogP contribution is 2.20.